The average molecular weight is 378 g/mol. The van der Waals surface area contributed by atoms with Gasteiger partial charge in [0.1, 0.15) is 5.82 Å². The molecule has 0 unspecified atom stereocenters. The van der Waals surface area contributed by atoms with Crippen LogP contribution in [0.4, 0.5) is 5.82 Å². The molecule has 1 aromatic carbocycles. The Morgan fingerprint density at radius 1 is 1.22 bits per heavy atom. The van der Waals surface area contributed by atoms with Crippen LogP contribution >= 0.6 is 11.3 Å². The molecule has 1 N–H and O–H groups in total. The van der Waals surface area contributed by atoms with Gasteiger partial charge in [-0.15, -0.1) is 0 Å². The zero-order valence-corrected chi connectivity index (χ0v) is 15.7. The van der Waals surface area contributed by atoms with E-state index in [1.54, 1.807) is 26.8 Å². The molecule has 0 atom stereocenters. The second-order valence-corrected chi connectivity index (χ2v) is 7.52. The number of nitrogens with one attached hydrogen (secondary N) is 1. The van der Waals surface area contributed by atoms with Crippen LogP contribution in [-0.4, -0.2) is 30.5 Å². The first kappa shape index (κ1) is 16.2. The maximum absolute atomic E-state index is 12.8. The van der Waals surface area contributed by atoms with Gasteiger partial charge in [0, 0.05) is 18.3 Å². The predicted octanol–water partition coefficient (Wildman–Crippen LogP) is 3.44. The molecule has 0 saturated carbocycles. The summed E-state index contributed by atoms with van der Waals surface area (Å²) in [6, 6.07) is 9.74. The van der Waals surface area contributed by atoms with Crippen LogP contribution in [0, 0.1) is 0 Å². The molecule has 0 saturated heterocycles. The van der Waals surface area contributed by atoms with E-state index in [9.17, 15) is 4.79 Å². The third-order valence-corrected chi connectivity index (χ3v) is 5.81. The monoisotopic (exact) mass is 378 g/mol. The average Bonchev–Trinajstić information content (AvgIpc) is 3.44. The lowest BCUT2D eigenvalue weighted by atomic mass is 10.2. The third kappa shape index (κ3) is 2.73. The van der Waals surface area contributed by atoms with Gasteiger partial charge < -0.3 is 5.32 Å². The van der Waals surface area contributed by atoms with E-state index < -0.39 is 0 Å². The fourth-order valence-electron chi connectivity index (χ4n) is 3.44. The number of para-hydroxylation sites is 1. The number of aromatic nitrogens is 5. The summed E-state index contributed by atoms with van der Waals surface area (Å²) in [7, 11) is 0. The van der Waals surface area contributed by atoms with Crippen molar-refractivity contribution in [3.8, 4) is 5.13 Å². The van der Waals surface area contributed by atoms with Crippen LogP contribution in [0.15, 0.2) is 36.5 Å². The minimum absolute atomic E-state index is 0.223. The molecule has 8 heteroatoms. The number of rotatable bonds is 4. The van der Waals surface area contributed by atoms with E-state index in [0.717, 1.165) is 58.2 Å². The molecule has 0 spiro atoms. The summed E-state index contributed by atoms with van der Waals surface area (Å²) in [6.45, 7) is 2.72. The number of anilines is 1. The summed E-state index contributed by atoms with van der Waals surface area (Å²) in [6.07, 6.45) is 4.72. The van der Waals surface area contributed by atoms with Crippen molar-refractivity contribution in [3.63, 3.8) is 0 Å². The highest BCUT2D eigenvalue weighted by Crippen LogP contribution is 2.33. The Labute approximate surface area is 159 Å². The standard InChI is InChI=1S/C19H18N6OS/c1-2-24-11-10-15(22-24)18(26)21-17-12-6-5-8-13(12)23-25(17)19-20-14-7-3-4-9-16(14)27-19/h3-4,7,9-11H,2,5-6,8H2,1H3,(H,21,26). The number of fused-ring (bicyclic) bond motifs is 2. The van der Waals surface area contributed by atoms with Crippen LogP contribution in [0.25, 0.3) is 15.3 Å². The van der Waals surface area contributed by atoms with Gasteiger partial charge in [-0.2, -0.15) is 14.9 Å². The highest BCUT2D eigenvalue weighted by Gasteiger charge is 2.26. The lowest BCUT2D eigenvalue weighted by Gasteiger charge is -2.07. The lowest BCUT2D eigenvalue weighted by Crippen LogP contribution is -2.17. The third-order valence-electron chi connectivity index (χ3n) is 4.80. The van der Waals surface area contributed by atoms with Gasteiger partial charge in [0.05, 0.1) is 15.9 Å². The minimum atomic E-state index is -0.223. The molecule has 0 fully saturated rings. The molecule has 0 radical (unpaired) electrons. The molecule has 1 amide bonds. The van der Waals surface area contributed by atoms with Crippen LogP contribution in [0.5, 0.6) is 0 Å². The molecule has 0 bridgehead atoms. The molecule has 1 aliphatic rings. The summed E-state index contributed by atoms with van der Waals surface area (Å²) in [5, 5.41) is 12.9. The first-order chi connectivity index (χ1) is 13.2. The Balaban J connectivity index is 1.56. The zero-order chi connectivity index (χ0) is 18.4. The van der Waals surface area contributed by atoms with Gasteiger partial charge in [-0.05, 0) is 44.4 Å². The van der Waals surface area contributed by atoms with Crippen molar-refractivity contribution in [2.45, 2.75) is 32.7 Å². The van der Waals surface area contributed by atoms with E-state index in [0.29, 0.717) is 5.69 Å². The van der Waals surface area contributed by atoms with Crippen molar-refractivity contribution in [1.82, 2.24) is 24.5 Å². The van der Waals surface area contributed by atoms with Gasteiger partial charge in [-0.3, -0.25) is 9.48 Å². The quantitative estimate of drug-likeness (QED) is 0.590. The Bertz CT molecular complexity index is 1120. The Hall–Kier alpha value is -3.00. The van der Waals surface area contributed by atoms with E-state index in [4.69, 9.17) is 10.1 Å². The summed E-state index contributed by atoms with van der Waals surface area (Å²) < 4.78 is 4.62. The van der Waals surface area contributed by atoms with Crippen LogP contribution in [0.1, 0.15) is 35.1 Å². The molecular weight excluding hydrogens is 360 g/mol. The van der Waals surface area contributed by atoms with Crippen LogP contribution in [0.2, 0.25) is 0 Å². The molecule has 1 aliphatic carbocycles. The largest absolute Gasteiger partial charge is 0.305 e. The van der Waals surface area contributed by atoms with Crippen molar-refractivity contribution in [2.24, 2.45) is 0 Å². The second-order valence-electron chi connectivity index (χ2n) is 6.51. The van der Waals surface area contributed by atoms with E-state index in [1.807, 2.05) is 37.4 Å². The Morgan fingerprint density at radius 2 is 2.11 bits per heavy atom. The van der Waals surface area contributed by atoms with Crippen molar-refractivity contribution >= 4 is 33.3 Å². The molecule has 7 nitrogen and oxygen atoms in total. The number of benzene rings is 1. The van der Waals surface area contributed by atoms with Crippen molar-refractivity contribution in [3.05, 3.63) is 53.5 Å². The maximum atomic E-state index is 12.8. The topological polar surface area (TPSA) is 77.6 Å². The number of carbonyl (C=O) groups is 1. The number of carbonyl (C=O) groups excluding carboxylic acids is 1. The van der Waals surface area contributed by atoms with Gasteiger partial charge in [-0.1, -0.05) is 23.5 Å². The molecule has 27 heavy (non-hydrogen) atoms. The van der Waals surface area contributed by atoms with Crippen molar-refractivity contribution in [1.29, 1.82) is 0 Å². The number of thiazole rings is 1. The van der Waals surface area contributed by atoms with Crippen LogP contribution in [0.3, 0.4) is 0 Å². The van der Waals surface area contributed by atoms with E-state index in [-0.39, 0.29) is 5.91 Å². The molecule has 3 heterocycles. The normalized spacial score (nSPS) is 13.2. The highest BCUT2D eigenvalue weighted by atomic mass is 32.1. The first-order valence-corrected chi connectivity index (χ1v) is 9.86. The van der Waals surface area contributed by atoms with Gasteiger partial charge >= 0.3 is 0 Å². The van der Waals surface area contributed by atoms with Crippen LogP contribution in [-0.2, 0) is 19.4 Å². The zero-order valence-electron chi connectivity index (χ0n) is 14.8. The van der Waals surface area contributed by atoms with Crippen molar-refractivity contribution < 1.29 is 4.79 Å². The fraction of sp³-hybridized carbons (Fsp3) is 0.263. The molecule has 0 aliphatic heterocycles. The molecule has 3 aromatic heterocycles. The predicted molar refractivity (Wildman–Crippen MR) is 105 cm³/mol. The lowest BCUT2D eigenvalue weighted by molar-refractivity contribution is 0.102. The Morgan fingerprint density at radius 3 is 2.93 bits per heavy atom. The van der Waals surface area contributed by atoms with Gasteiger partial charge in [0.15, 0.2) is 5.69 Å². The van der Waals surface area contributed by atoms with Gasteiger partial charge in [0.2, 0.25) is 5.13 Å². The first-order valence-electron chi connectivity index (χ1n) is 9.04. The Kier molecular flexibility index (Phi) is 3.78. The maximum Gasteiger partial charge on any atom is 0.277 e. The van der Waals surface area contributed by atoms with Crippen molar-refractivity contribution in [2.75, 3.05) is 5.32 Å². The van der Waals surface area contributed by atoms with E-state index >= 15 is 0 Å². The highest BCUT2D eigenvalue weighted by molar-refractivity contribution is 7.20. The summed E-state index contributed by atoms with van der Waals surface area (Å²) >= 11 is 1.57. The SMILES string of the molecule is CCn1ccc(C(=O)Nc2c3c(nn2-c2nc4ccccc4s2)CCC3)n1. The summed E-state index contributed by atoms with van der Waals surface area (Å²) in [5.41, 5.74) is 3.49. The summed E-state index contributed by atoms with van der Waals surface area (Å²) in [5.74, 6) is 0.497. The number of hydrogen-bond donors (Lipinski definition) is 1. The van der Waals surface area contributed by atoms with E-state index in [1.165, 1.54) is 0 Å². The smallest absolute Gasteiger partial charge is 0.277 e. The summed E-state index contributed by atoms with van der Waals surface area (Å²) in [4.78, 5) is 17.5. The number of hydrogen-bond acceptors (Lipinski definition) is 5. The van der Waals surface area contributed by atoms with E-state index in [2.05, 4.69) is 10.4 Å². The van der Waals surface area contributed by atoms with Gasteiger partial charge in [0.25, 0.3) is 5.91 Å². The van der Waals surface area contributed by atoms with Crippen LogP contribution < -0.4 is 5.32 Å². The molecule has 5 rings (SSSR count). The molecular formula is C19H18N6OS. The number of amides is 1. The second kappa shape index (κ2) is 6.31. The number of aryl methyl sites for hydroxylation is 2. The fourth-order valence-corrected chi connectivity index (χ4v) is 4.36. The minimum Gasteiger partial charge on any atom is -0.305 e. The number of nitrogens with zero attached hydrogens (tertiary/aromatic N) is 5. The molecule has 136 valence electrons. The van der Waals surface area contributed by atoms with Gasteiger partial charge in [-0.25, -0.2) is 4.98 Å². The molecule has 4 aromatic rings.